The highest BCUT2D eigenvalue weighted by Gasteiger charge is 2.25. The number of halogens is 1. The lowest BCUT2D eigenvalue weighted by Gasteiger charge is -2.15. The van der Waals surface area contributed by atoms with Gasteiger partial charge in [-0.15, -0.1) is 0 Å². The highest BCUT2D eigenvalue weighted by molar-refractivity contribution is 6.33. The molecule has 0 unspecified atom stereocenters. The summed E-state index contributed by atoms with van der Waals surface area (Å²) in [6.45, 7) is 4.26. The molecule has 1 aliphatic carbocycles. The van der Waals surface area contributed by atoms with Gasteiger partial charge in [0.05, 0.1) is 16.9 Å². The van der Waals surface area contributed by atoms with Gasteiger partial charge in [-0.1, -0.05) is 31.5 Å². The molecule has 1 aromatic carbocycles. The van der Waals surface area contributed by atoms with E-state index in [2.05, 4.69) is 39.4 Å². The van der Waals surface area contributed by atoms with Crippen LogP contribution in [0.1, 0.15) is 49.9 Å². The van der Waals surface area contributed by atoms with Gasteiger partial charge in [-0.3, -0.25) is 4.79 Å². The first-order valence-electron chi connectivity index (χ1n) is 9.81. The fraction of sp³-hybridized carbons (Fsp3) is 0.381. The Hall–Kier alpha value is -2.60. The monoisotopic (exact) mass is 397 g/mol. The van der Waals surface area contributed by atoms with E-state index in [9.17, 15) is 4.79 Å². The van der Waals surface area contributed by atoms with Crippen LogP contribution in [0.3, 0.4) is 0 Å². The van der Waals surface area contributed by atoms with Crippen molar-refractivity contribution in [2.75, 3.05) is 5.32 Å². The number of rotatable bonds is 7. The quantitative estimate of drug-likeness (QED) is 0.536. The Balaban J connectivity index is 1.70. The maximum atomic E-state index is 12.6. The third-order valence-corrected chi connectivity index (χ3v) is 5.42. The molecular formula is C21H24ClN5O. The third-order valence-electron chi connectivity index (χ3n) is 5.14. The molecule has 0 aliphatic heterocycles. The largest absolute Gasteiger partial charge is 0.353 e. The van der Waals surface area contributed by atoms with Gasteiger partial charge >= 0.3 is 0 Å². The Morgan fingerprint density at radius 1 is 1.32 bits per heavy atom. The van der Waals surface area contributed by atoms with Crippen LogP contribution in [0.2, 0.25) is 5.02 Å². The van der Waals surface area contributed by atoms with Crippen molar-refractivity contribution >= 4 is 34.4 Å². The molecule has 1 amide bonds. The summed E-state index contributed by atoms with van der Waals surface area (Å²) >= 11 is 6.39. The third kappa shape index (κ3) is 3.83. The number of benzene rings is 1. The number of carbonyl (C=O) groups is 1. The summed E-state index contributed by atoms with van der Waals surface area (Å²) in [5.41, 5.74) is 2.92. The predicted molar refractivity (Wildman–Crippen MR) is 113 cm³/mol. The van der Waals surface area contributed by atoms with E-state index in [0.29, 0.717) is 34.3 Å². The molecule has 146 valence electrons. The van der Waals surface area contributed by atoms with Gasteiger partial charge in [0.2, 0.25) is 5.95 Å². The van der Waals surface area contributed by atoms with Crippen LogP contribution >= 0.6 is 11.6 Å². The molecule has 1 fully saturated rings. The molecule has 7 heteroatoms. The fourth-order valence-corrected chi connectivity index (χ4v) is 3.47. The summed E-state index contributed by atoms with van der Waals surface area (Å²) < 4.78 is 0. The number of fused-ring (bicyclic) bond motifs is 1. The molecule has 6 nitrogen and oxygen atoms in total. The van der Waals surface area contributed by atoms with E-state index in [1.54, 1.807) is 6.20 Å². The topological polar surface area (TPSA) is 82.7 Å². The van der Waals surface area contributed by atoms with Crippen LogP contribution in [-0.4, -0.2) is 32.9 Å². The first kappa shape index (κ1) is 18.7. The average Bonchev–Trinajstić information content (AvgIpc) is 3.41. The molecule has 2 aromatic heterocycles. The summed E-state index contributed by atoms with van der Waals surface area (Å²) in [6.07, 6.45) is 5.71. The maximum absolute atomic E-state index is 12.6. The van der Waals surface area contributed by atoms with Crippen LogP contribution in [0, 0.1) is 0 Å². The number of aromatic nitrogens is 3. The van der Waals surface area contributed by atoms with Crippen LogP contribution in [0.5, 0.6) is 0 Å². The average molecular weight is 398 g/mol. The number of aromatic amines is 1. The second kappa shape index (κ2) is 7.80. The Labute approximate surface area is 169 Å². The standard InChI is InChI=1S/C21H24ClN5O/c1-3-12(4-2)25-21-23-11-16(22)19(27-21)18-10-15-14(6-5-7-17(15)26-18)20(28)24-13-8-9-13/h5-7,10-13,26H,3-4,8-9H2,1-2H3,(H,24,28)(H,23,25,27). The van der Waals surface area contributed by atoms with Crippen molar-refractivity contribution in [1.82, 2.24) is 20.3 Å². The zero-order valence-corrected chi connectivity index (χ0v) is 16.8. The van der Waals surface area contributed by atoms with Crippen molar-refractivity contribution in [3.05, 3.63) is 41.0 Å². The molecule has 4 rings (SSSR count). The van der Waals surface area contributed by atoms with Gasteiger partial charge in [0.1, 0.15) is 5.69 Å². The highest BCUT2D eigenvalue weighted by Crippen LogP contribution is 2.31. The molecular weight excluding hydrogens is 374 g/mol. The summed E-state index contributed by atoms with van der Waals surface area (Å²) in [7, 11) is 0. The van der Waals surface area contributed by atoms with E-state index in [-0.39, 0.29) is 5.91 Å². The fourth-order valence-electron chi connectivity index (χ4n) is 3.27. The van der Waals surface area contributed by atoms with Gasteiger partial charge in [-0.25, -0.2) is 9.97 Å². The number of nitrogens with one attached hydrogen (secondary N) is 3. The van der Waals surface area contributed by atoms with E-state index >= 15 is 0 Å². The minimum Gasteiger partial charge on any atom is -0.353 e. The first-order chi connectivity index (χ1) is 13.6. The molecule has 28 heavy (non-hydrogen) atoms. The van der Waals surface area contributed by atoms with Gasteiger partial charge < -0.3 is 15.6 Å². The van der Waals surface area contributed by atoms with E-state index in [0.717, 1.165) is 42.3 Å². The SMILES string of the molecule is CCC(CC)Nc1ncc(Cl)c(-c2cc3c(C(=O)NC4CC4)cccc3[nH]2)n1. The van der Waals surface area contributed by atoms with Crippen LogP contribution in [-0.2, 0) is 0 Å². The Bertz CT molecular complexity index is 1010. The van der Waals surface area contributed by atoms with E-state index in [1.807, 2.05) is 24.3 Å². The minimum atomic E-state index is -0.0384. The molecule has 3 N–H and O–H groups in total. The molecule has 0 radical (unpaired) electrons. The number of H-pyrrole nitrogens is 1. The molecule has 0 saturated heterocycles. The highest BCUT2D eigenvalue weighted by atomic mass is 35.5. The summed E-state index contributed by atoms with van der Waals surface area (Å²) in [5, 5.41) is 7.73. The van der Waals surface area contributed by atoms with Crippen molar-refractivity contribution in [1.29, 1.82) is 0 Å². The maximum Gasteiger partial charge on any atom is 0.252 e. The van der Waals surface area contributed by atoms with Gasteiger partial charge in [0.15, 0.2) is 0 Å². The van der Waals surface area contributed by atoms with Crippen molar-refractivity contribution in [2.45, 2.75) is 51.6 Å². The summed E-state index contributed by atoms with van der Waals surface area (Å²) in [5.74, 6) is 0.516. The lowest BCUT2D eigenvalue weighted by Crippen LogP contribution is -2.25. The second-order valence-electron chi connectivity index (χ2n) is 7.25. The number of nitrogens with zero attached hydrogens (tertiary/aromatic N) is 2. The number of amides is 1. The zero-order chi connectivity index (χ0) is 19.7. The normalized spacial score (nSPS) is 13.9. The van der Waals surface area contributed by atoms with Crippen LogP contribution in [0.15, 0.2) is 30.5 Å². The lowest BCUT2D eigenvalue weighted by atomic mass is 10.1. The van der Waals surface area contributed by atoms with Crippen LogP contribution in [0.4, 0.5) is 5.95 Å². The number of anilines is 1. The van der Waals surface area contributed by atoms with Gasteiger partial charge in [-0.05, 0) is 43.9 Å². The summed E-state index contributed by atoms with van der Waals surface area (Å²) in [6, 6.07) is 8.24. The zero-order valence-electron chi connectivity index (χ0n) is 16.1. The van der Waals surface area contributed by atoms with Gasteiger partial charge in [0, 0.05) is 28.6 Å². The van der Waals surface area contributed by atoms with Crippen molar-refractivity contribution in [3.63, 3.8) is 0 Å². The Morgan fingerprint density at radius 3 is 2.82 bits per heavy atom. The van der Waals surface area contributed by atoms with Gasteiger partial charge in [0.25, 0.3) is 5.91 Å². The second-order valence-corrected chi connectivity index (χ2v) is 7.65. The van der Waals surface area contributed by atoms with E-state index in [4.69, 9.17) is 11.6 Å². The molecule has 0 atom stereocenters. The van der Waals surface area contributed by atoms with Gasteiger partial charge in [-0.2, -0.15) is 0 Å². The van der Waals surface area contributed by atoms with Crippen molar-refractivity contribution in [3.8, 4) is 11.4 Å². The Kier molecular flexibility index (Phi) is 5.22. The van der Waals surface area contributed by atoms with Crippen LogP contribution < -0.4 is 10.6 Å². The Morgan fingerprint density at radius 2 is 2.11 bits per heavy atom. The lowest BCUT2D eigenvalue weighted by molar-refractivity contribution is 0.0952. The van der Waals surface area contributed by atoms with Crippen molar-refractivity contribution < 1.29 is 4.79 Å². The predicted octanol–water partition coefficient (Wildman–Crippen LogP) is 4.77. The number of carbonyl (C=O) groups excluding carboxylic acids is 1. The molecule has 0 bridgehead atoms. The van der Waals surface area contributed by atoms with E-state index in [1.165, 1.54) is 0 Å². The first-order valence-corrected chi connectivity index (χ1v) is 10.2. The molecule has 1 saturated carbocycles. The summed E-state index contributed by atoms with van der Waals surface area (Å²) in [4.78, 5) is 24.8. The molecule has 0 spiro atoms. The smallest absolute Gasteiger partial charge is 0.252 e. The van der Waals surface area contributed by atoms with Crippen LogP contribution in [0.25, 0.3) is 22.3 Å². The molecule has 3 aromatic rings. The minimum absolute atomic E-state index is 0.0384. The number of hydrogen-bond acceptors (Lipinski definition) is 4. The molecule has 1 aliphatic rings. The number of hydrogen-bond donors (Lipinski definition) is 3. The van der Waals surface area contributed by atoms with E-state index < -0.39 is 0 Å². The van der Waals surface area contributed by atoms with Crippen molar-refractivity contribution in [2.24, 2.45) is 0 Å². The molecule has 2 heterocycles.